The number of hydrogen-bond acceptors (Lipinski definition) is 1. The molecule has 1 heterocycles. The van der Waals surface area contributed by atoms with E-state index in [0.717, 1.165) is 18.8 Å². The predicted octanol–water partition coefficient (Wildman–Crippen LogP) is 4.33. The highest BCUT2D eigenvalue weighted by Gasteiger charge is 2.09. The monoisotopic (exact) mass is 216 g/mol. The first kappa shape index (κ1) is 11.1. The van der Waals surface area contributed by atoms with Crippen LogP contribution in [0.1, 0.15) is 32.3 Å². The molecule has 0 spiro atoms. The second-order valence-corrected chi connectivity index (χ2v) is 5.08. The van der Waals surface area contributed by atoms with Gasteiger partial charge in [0.1, 0.15) is 0 Å². The minimum atomic E-state index is 0.310. The summed E-state index contributed by atoms with van der Waals surface area (Å²) in [4.78, 5) is 0. The molecule has 0 N–H and O–H groups in total. The fourth-order valence-electron chi connectivity index (χ4n) is 1.35. The summed E-state index contributed by atoms with van der Waals surface area (Å²) in [6.07, 6.45) is 3.39. The van der Waals surface area contributed by atoms with Crippen molar-refractivity contribution in [2.45, 2.75) is 38.5 Å². The van der Waals surface area contributed by atoms with Gasteiger partial charge in [-0.15, -0.1) is 11.6 Å². The van der Waals surface area contributed by atoms with Gasteiger partial charge in [0, 0.05) is 5.38 Å². The highest BCUT2D eigenvalue weighted by atomic mass is 35.5. The summed E-state index contributed by atoms with van der Waals surface area (Å²) in [5, 5.41) is 4.61. The van der Waals surface area contributed by atoms with E-state index in [2.05, 4.69) is 30.7 Å². The van der Waals surface area contributed by atoms with Crippen molar-refractivity contribution in [2.75, 3.05) is 0 Å². The lowest BCUT2D eigenvalue weighted by atomic mass is 10.00. The first-order valence-electron chi connectivity index (χ1n) is 4.87. The molecule has 1 aromatic rings. The van der Waals surface area contributed by atoms with Crippen LogP contribution in [0.2, 0.25) is 0 Å². The van der Waals surface area contributed by atoms with Gasteiger partial charge in [-0.25, -0.2) is 0 Å². The van der Waals surface area contributed by atoms with E-state index in [1.165, 1.54) is 12.0 Å². The molecule has 2 heteroatoms. The van der Waals surface area contributed by atoms with Crippen molar-refractivity contribution in [3.63, 3.8) is 0 Å². The lowest BCUT2D eigenvalue weighted by Gasteiger charge is -2.12. The Bertz CT molecular complexity index is 218. The normalized spacial score (nSPS) is 15.6. The third-order valence-electron chi connectivity index (χ3n) is 2.39. The first-order chi connectivity index (χ1) is 6.22. The predicted molar refractivity (Wildman–Crippen MR) is 61.7 cm³/mol. The molecular formula is C11H17ClS. The van der Waals surface area contributed by atoms with Crippen LogP contribution in [0, 0.1) is 5.92 Å². The van der Waals surface area contributed by atoms with E-state index in [-0.39, 0.29) is 0 Å². The second kappa shape index (κ2) is 5.66. The molecule has 2 atom stereocenters. The Kier molecular flexibility index (Phi) is 4.82. The van der Waals surface area contributed by atoms with Crippen LogP contribution in [-0.2, 0) is 6.42 Å². The Labute approximate surface area is 89.9 Å². The summed E-state index contributed by atoms with van der Waals surface area (Å²) in [7, 11) is 0. The third kappa shape index (κ3) is 4.15. The van der Waals surface area contributed by atoms with Crippen LogP contribution in [-0.4, -0.2) is 5.38 Å². The highest BCUT2D eigenvalue weighted by molar-refractivity contribution is 7.07. The largest absolute Gasteiger partial charge is 0.152 e. The highest BCUT2D eigenvalue weighted by Crippen LogP contribution is 2.19. The van der Waals surface area contributed by atoms with Gasteiger partial charge in [-0.05, 0) is 41.1 Å². The zero-order valence-corrected chi connectivity index (χ0v) is 9.87. The van der Waals surface area contributed by atoms with Crippen LogP contribution in [0.4, 0.5) is 0 Å². The Morgan fingerprint density at radius 1 is 1.54 bits per heavy atom. The van der Waals surface area contributed by atoms with Crippen molar-refractivity contribution >= 4 is 22.9 Å². The molecule has 0 bridgehead atoms. The molecule has 74 valence electrons. The zero-order valence-electron chi connectivity index (χ0n) is 8.29. The van der Waals surface area contributed by atoms with E-state index in [0.29, 0.717) is 5.38 Å². The number of hydrogen-bond donors (Lipinski definition) is 0. The van der Waals surface area contributed by atoms with Crippen molar-refractivity contribution < 1.29 is 0 Å². The Morgan fingerprint density at radius 2 is 2.31 bits per heavy atom. The average Bonchev–Trinajstić information content (AvgIpc) is 2.56. The molecular weight excluding hydrogens is 200 g/mol. The van der Waals surface area contributed by atoms with E-state index in [4.69, 9.17) is 11.6 Å². The zero-order chi connectivity index (χ0) is 9.68. The molecule has 0 aliphatic rings. The van der Waals surface area contributed by atoms with Gasteiger partial charge in [-0.2, -0.15) is 11.3 Å². The maximum atomic E-state index is 6.25. The van der Waals surface area contributed by atoms with E-state index in [1.54, 1.807) is 11.3 Å². The van der Waals surface area contributed by atoms with Crippen molar-refractivity contribution in [1.29, 1.82) is 0 Å². The summed E-state index contributed by atoms with van der Waals surface area (Å²) in [6, 6.07) is 2.16. The van der Waals surface area contributed by atoms with Crippen LogP contribution in [0.5, 0.6) is 0 Å². The van der Waals surface area contributed by atoms with E-state index in [1.807, 2.05) is 0 Å². The molecule has 0 radical (unpaired) electrons. The van der Waals surface area contributed by atoms with Gasteiger partial charge in [0.05, 0.1) is 0 Å². The van der Waals surface area contributed by atoms with Crippen molar-refractivity contribution in [3.05, 3.63) is 22.4 Å². The minimum absolute atomic E-state index is 0.310. The Balaban J connectivity index is 2.29. The lowest BCUT2D eigenvalue weighted by molar-refractivity contribution is 0.500. The van der Waals surface area contributed by atoms with Crippen molar-refractivity contribution in [2.24, 2.45) is 5.92 Å². The number of alkyl halides is 1. The van der Waals surface area contributed by atoms with Crippen LogP contribution < -0.4 is 0 Å². The summed E-state index contributed by atoms with van der Waals surface area (Å²) in [6.45, 7) is 4.49. The van der Waals surface area contributed by atoms with E-state index >= 15 is 0 Å². The molecule has 0 nitrogen and oxygen atoms in total. The minimum Gasteiger partial charge on any atom is -0.152 e. The molecule has 0 aliphatic carbocycles. The molecule has 0 amide bonds. The lowest BCUT2D eigenvalue weighted by Crippen LogP contribution is -2.07. The summed E-state index contributed by atoms with van der Waals surface area (Å²) in [5.41, 5.74) is 1.38. The molecule has 0 saturated carbocycles. The molecule has 0 saturated heterocycles. The fourth-order valence-corrected chi connectivity index (χ4v) is 2.51. The van der Waals surface area contributed by atoms with E-state index < -0.39 is 0 Å². The molecule has 1 rings (SSSR count). The van der Waals surface area contributed by atoms with Gasteiger partial charge in [0.2, 0.25) is 0 Å². The van der Waals surface area contributed by atoms with Gasteiger partial charge in [-0.1, -0.05) is 20.3 Å². The second-order valence-electron chi connectivity index (χ2n) is 3.68. The smallest absolute Gasteiger partial charge is 0.0379 e. The summed E-state index contributed by atoms with van der Waals surface area (Å²) < 4.78 is 0. The topological polar surface area (TPSA) is 0 Å². The van der Waals surface area contributed by atoms with Crippen molar-refractivity contribution in [3.8, 4) is 0 Å². The third-order valence-corrected chi connectivity index (χ3v) is 3.46. The quantitative estimate of drug-likeness (QED) is 0.643. The van der Waals surface area contributed by atoms with Gasteiger partial charge >= 0.3 is 0 Å². The van der Waals surface area contributed by atoms with Crippen LogP contribution in [0.3, 0.4) is 0 Å². The molecule has 1 aromatic heterocycles. The van der Waals surface area contributed by atoms with Crippen LogP contribution in [0.25, 0.3) is 0 Å². The fraction of sp³-hybridized carbons (Fsp3) is 0.636. The summed E-state index contributed by atoms with van der Waals surface area (Å²) >= 11 is 8.00. The van der Waals surface area contributed by atoms with E-state index in [9.17, 15) is 0 Å². The average molecular weight is 217 g/mol. The Hall–Kier alpha value is -0.0100. The van der Waals surface area contributed by atoms with Gasteiger partial charge in [-0.3, -0.25) is 0 Å². The van der Waals surface area contributed by atoms with Crippen LogP contribution in [0.15, 0.2) is 16.8 Å². The Morgan fingerprint density at radius 3 is 2.85 bits per heavy atom. The number of rotatable bonds is 5. The molecule has 0 aromatic carbocycles. The van der Waals surface area contributed by atoms with Gasteiger partial charge in [0.25, 0.3) is 0 Å². The molecule has 2 unspecified atom stereocenters. The van der Waals surface area contributed by atoms with Crippen LogP contribution >= 0.6 is 22.9 Å². The number of thiophene rings is 1. The molecule has 0 fully saturated rings. The molecule has 13 heavy (non-hydrogen) atoms. The van der Waals surface area contributed by atoms with Gasteiger partial charge < -0.3 is 0 Å². The SMILES string of the molecule is CCC(C)CC(Cl)Cc1ccsc1. The summed E-state index contributed by atoms with van der Waals surface area (Å²) in [5.74, 6) is 0.751. The van der Waals surface area contributed by atoms with Gasteiger partial charge in [0.15, 0.2) is 0 Å². The first-order valence-corrected chi connectivity index (χ1v) is 6.25. The van der Waals surface area contributed by atoms with Crippen molar-refractivity contribution in [1.82, 2.24) is 0 Å². The maximum Gasteiger partial charge on any atom is 0.0379 e. The number of halogens is 1. The molecule has 0 aliphatic heterocycles. The standard InChI is InChI=1S/C11H17ClS/c1-3-9(2)6-11(12)7-10-4-5-13-8-10/h4-5,8-9,11H,3,6-7H2,1-2H3. The maximum absolute atomic E-state index is 6.25.